The van der Waals surface area contributed by atoms with Crippen molar-refractivity contribution in [1.82, 2.24) is 14.9 Å². The third-order valence-corrected chi connectivity index (χ3v) is 5.84. The van der Waals surface area contributed by atoms with Gasteiger partial charge in [-0.3, -0.25) is 9.36 Å². The minimum absolute atomic E-state index is 0.0494. The summed E-state index contributed by atoms with van der Waals surface area (Å²) in [4.78, 5) is 18.3. The predicted molar refractivity (Wildman–Crippen MR) is 115 cm³/mol. The van der Waals surface area contributed by atoms with E-state index in [4.69, 9.17) is 4.98 Å². The van der Waals surface area contributed by atoms with Crippen molar-refractivity contribution in [2.45, 2.75) is 64.1 Å². The minimum Gasteiger partial charge on any atom is -0.305 e. The van der Waals surface area contributed by atoms with Crippen LogP contribution in [0.25, 0.3) is 10.9 Å². The summed E-state index contributed by atoms with van der Waals surface area (Å²) in [6, 6.07) is 18.5. The van der Waals surface area contributed by atoms with Crippen LogP contribution in [0.15, 0.2) is 59.4 Å². The molecule has 3 aromatic rings. The van der Waals surface area contributed by atoms with Crippen LogP contribution in [0.2, 0.25) is 0 Å². The zero-order chi connectivity index (χ0) is 19.3. The van der Waals surface area contributed by atoms with Crippen LogP contribution in [0, 0.1) is 0 Å². The Morgan fingerprint density at radius 3 is 2.50 bits per heavy atom. The third kappa shape index (κ3) is 4.02. The number of fused-ring (bicyclic) bond motifs is 1. The van der Waals surface area contributed by atoms with Gasteiger partial charge in [0.25, 0.3) is 5.56 Å². The summed E-state index contributed by atoms with van der Waals surface area (Å²) in [7, 11) is 0. The second-order valence-corrected chi connectivity index (χ2v) is 7.83. The number of nitrogens with zero attached hydrogens (tertiary/aromatic N) is 2. The van der Waals surface area contributed by atoms with E-state index in [2.05, 4.69) is 24.4 Å². The summed E-state index contributed by atoms with van der Waals surface area (Å²) in [6.07, 6.45) is 7.25. The second-order valence-electron chi connectivity index (χ2n) is 7.83. The molecule has 0 radical (unpaired) electrons. The van der Waals surface area contributed by atoms with E-state index in [1.54, 1.807) is 0 Å². The molecule has 1 saturated carbocycles. The summed E-state index contributed by atoms with van der Waals surface area (Å²) in [6.45, 7) is 2.73. The monoisotopic (exact) mass is 375 g/mol. The lowest BCUT2D eigenvalue weighted by molar-refractivity contribution is 0.323. The molecule has 1 unspecified atom stereocenters. The first-order valence-corrected chi connectivity index (χ1v) is 10.6. The highest BCUT2D eigenvalue weighted by Crippen LogP contribution is 2.23. The van der Waals surface area contributed by atoms with Crippen LogP contribution >= 0.6 is 0 Å². The number of hydrogen-bond acceptors (Lipinski definition) is 3. The summed E-state index contributed by atoms with van der Waals surface area (Å²) < 4.78 is 1.88. The van der Waals surface area contributed by atoms with Crippen molar-refractivity contribution in [3.63, 3.8) is 0 Å². The molecular weight excluding hydrogens is 346 g/mol. The molecule has 4 rings (SSSR count). The fourth-order valence-corrected chi connectivity index (χ4v) is 4.30. The van der Waals surface area contributed by atoms with Gasteiger partial charge in [-0.25, -0.2) is 4.98 Å². The van der Waals surface area contributed by atoms with E-state index in [1.165, 1.54) is 32.1 Å². The molecule has 0 saturated heterocycles. The Morgan fingerprint density at radius 1 is 1.04 bits per heavy atom. The lowest BCUT2D eigenvalue weighted by atomic mass is 9.94. The van der Waals surface area contributed by atoms with Crippen LogP contribution in [0.5, 0.6) is 0 Å². The first-order chi connectivity index (χ1) is 13.8. The Labute approximate surface area is 166 Å². The van der Waals surface area contributed by atoms with Crippen LogP contribution in [0.3, 0.4) is 0 Å². The maximum absolute atomic E-state index is 13.4. The number of benzene rings is 2. The smallest absolute Gasteiger partial charge is 0.261 e. The summed E-state index contributed by atoms with van der Waals surface area (Å²) in [5.74, 6) is 0.862. The van der Waals surface area contributed by atoms with Gasteiger partial charge in [0.05, 0.1) is 23.5 Å². The van der Waals surface area contributed by atoms with Gasteiger partial charge >= 0.3 is 0 Å². The zero-order valence-corrected chi connectivity index (χ0v) is 16.6. The molecule has 1 aliphatic rings. The fourth-order valence-electron chi connectivity index (χ4n) is 4.30. The van der Waals surface area contributed by atoms with Crippen molar-refractivity contribution in [2.75, 3.05) is 0 Å². The van der Waals surface area contributed by atoms with Crippen LogP contribution < -0.4 is 10.9 Å². The van der Waals surface area contributed by atoms with Crippen molar-refractivity contribution in [2.24, 2.45) is 0 Å². The lowest BCUT2D eigenvalue weighted by Gasteiger charge is -2.29. The molecule has 0 aliphatic heterocycles. The van der Waals surface area contributed by atoms with Crippen molar-refractivity contribution in [1.29, 1.82) is 0 Å². The molecule has 1 heterocycles. The average Bonchev–Trinajstić information content (AvgIpc) is 2.75. The largest absolute Gasteiger partial charge is 0.305 e. The molecule has 1 aromatic heterocycles. The molecule has 1 N–H and O–H groups in total. The predicted octanol–water partition coefficient (Wildman–Crippen LogP) is 4.82. The Kier molecular flexibility index (Phi) is 5.87. The summed E-state index contributed by atoms with van der Waals surface area (Å²) >= 11 is 0. The highest BCUT2D eigenvalue weighted by Gasteiger charge is 2.23. The van der Waals surface area contributed by atoms with Crippen LogP contribution in [-0.2, 0) is 6.54 Å². The SMILES string of the molecule is CCC(NC1CCCCC1)c1nc2ccccc2c(=O)n1Cc1ccccc1. The van der Waals surface area contributed by atoms with Gasteiger partial charge in [-0.05, 0) is 37.0 Å². The molecule has 1 aliphatic carbocycles. The van der Waals surface area contributed by atoms with Gasteiger partial charge in [0.2, 0.25) is 0 Å². The molecule has 1 atom stereocenters. The van der Waals surface area contributed by atoms with E-state index in [1.807, 2.05) is 47.0 Å². The number of aromatic nitrogens is 2. The van der Waals surface area contributed by atoms with Gasteiger partial charge in [0, 0.05) is 6.04 Å². The molecule has 1 fully saturated rings. The van der Waals surface area contributed by atoms with Crippen LogP contribution in [0.4, 0.5) is 0 Å². The fraction of sp³-hybridized carbons (Fsp3) is 0.417. The number of nitrogens with one attached hydrogen (secondary N) is 1. The molecule has 0 spiro atoms. The molecule has 146 valence electrons. The third-order valence-electron chi connectivity index (χ3n) is 5.84. The lowest BCUT2D eigenvalue weighted by Crippen LogP contribution is -2.38. The normalized spacial score (nSPS) is 16.3. The van der Waals surface area contributed by atoms with Gasteiger partial charge in [-0.2, -0.15) is 0 Å². The Morgan fingerprint density at radius 2 is 1.75 bits per heavy atom. The number of rotatable bonds is 6. The van der Waals surface area contributed by atoms with Gasteiger partial charge in [-0.1, -0.05) is 68.7 Å². The maximum atomic E-state index is 13.4. The van der Waals surface area contributed by atoms with Gasteiger partial charge in [0.1, 0.15) is 5.82 Å². The summed E-state index contributed by atoms with van der Waals surface area (Å²) in [5, 5.41) is 4.51. The zero-order valence-electron chi connectivity index (χ0n) is 16.6. The van der Waals surface area contributed by atoms with E-state index >= 15 is 0 Å². The quantitative estimate of drug-likeness (QED) is 0.672. The van der Waals surface area contributed by atoms with E-state index in [-0.39, 0.29) is 11.6 Å². The molecular formula is C24H29N3O. The molecule has 2 aromatic carbocycles. The van der Waals surface area contributed by atoms with Crippen LogP contribution in [-0.4, -0.2) is 15.6 Å². The highest BCUT2D eigenvalue weighted by atomic mass is 16.1. The highest BCUT2D eigenvalue weighted by molar-refractivity contribution is 5.77. The molecule has 4 heteroatoms. The van der Waals surface area contributed by atoms with E-state index < -0.39 is 0 Å². The molecule has 0 amide bonds. The van der Waals surface area contributed by atoms with Crippen molar-refractivity contribution >= 4 is 10.9 Å². The average molecular weight is 376 g/mol. The minimum atomic E-state index is 0.0494. The van der Waals surface area contributed by atoms with Gasteiger partial charge in [0.15, 0.2) is 0 Å². The first kappa shape index (κ1) is 18.9. The topological polar surface area (TPSA) is 46.9 Å². The van der Waals surface area contributed by atoms with Gasteiger partial charge in [-0.15, -0.1) is 0 Å². The van der Waals surface area contributed by atoms with Crippen molar-refractivity contribution in [3.05, 3.63) is 76.3 Å². The van der Waals surface area contributed by atoms with Crippen molar-refractivity contribution in [3.8, 4) is 0 Å². The van der Waals surface area contributed by atoms with Gasteiger partial charge < -0.3 is 5.32 Å². The Balaban J connectivity index is 1.77. The maximum Gasteiger partial charge on any atom is 0.261 e. The molecule has 4 nitrogen and oxygen atoms in total. The van der Waals surface area contributed by atoms with Crippen molar-refractivity contribution < 1.29 is 0 Å². The van der Waals surface area contributed by atoms with Crippen LogP contribution in [0.1, 0.15) is 62.9 Å². The number of para-hydroxylation sites is 1. The van der Waals surface area contributed by atoms with E-state index in [9.17, 15) is 4.79 Å². The standard InChI is InChI=1S/C24H29N3O/c1-2-21(25-19-13-7-4-8-14-19)23-26-22-16-10-9-15-20(22)24(28)27(23)17-18-11-5-3-6-12-18/h3,5-6,9-12,15-16,19,21,25H,2,4,7-8,13-14,17H2,1H3. The first-order valence-electron chi connectivity index (χ1n) is 10.6. The molecule has 0 bridgehead atoms. The number of hydrogen-bond donors (Lipinski definition) is 1. The van der Waals surface area contributed by atoms with E-state index in [0.717, 1.165) is 23.3 Å². The second kappa shape index (κ2) is 8.70. The summed E-state index contributed by atoms with van der Waals surface area (Å²) in [5.41, 5.74) is 1.96. The Hall–Kier alpha value is -2.46. The Bertz CT molecular complexity index is 974. The van der Waals surface area contributed by atoms with E-state index in [0.29, 0.717) is 18.0 Å². The molecule has 28 heavy (non-hydrogen) atoms.